The number of rotatable bonds is 4. The Hall–Kier alpha value is -4.17. The number of nitrogens with one attached hydrogen (secondary N) is 1. The molecule has 0 saturated heterocycles. The smallest absolute Gasteiger partial charge is 0.436 e. The van der Waals surface area contributed by atoms with Gasteiger partial charge in [-0.2, -0.15) is 0 Å². The fraction of sp³-hybridized carbons (Fsp3) is 0.333. The number of carbonyl (C=O) groups is 4. The second kappa shape index (κ2) is 25.9. The first kappa shape index (κ1) is 46.0. The van der Waals surface area contributed by atoms with Gasteiger partial charge in [-0.05, 0) is 67.3 Å². The van der Waals surface area contributed by atoms with Crippen molar-refractivity contribution in [1.29, 1.82) is 0 Å². The minimum Gasteiger partial charge on any atom is -0.436 e. The number of para-hydroxylation sites is 1. The maximum absolute atomic E-state index is 10.8. The molecule has 5 rings (SSSR count). The molecule has 0 bridgehead atoms. The van der Waals surface area contributed by atoms with Crippen LogP contribution in [0.5, 0.6) is 0 Å². The number of pyridine rings is 1. The Morgan fingerprint density at radius 2 is 1.46 bits per heavy atom. The van der Waals surface area contributed by atoms with E-state index >= 15 is 0 Å². The molecule has 0 fully saturated rings. The number of methoxy groups -OCH3 is 1. The van der Waals surface area contributed by atoms with Crippen LogP contribution in [0.25, 0.3) is 11.0 Å². The average Bonchev–Trinajstić information content (AvgIpc) is 3.59. The molecule has 0 spiro atoms. The second-order valence-electron chi connectivity index (χ2n) is 8.27. The highest BCUT2D eigenvalue weighted by atomic mass is 127. The summed E-state index contributed by atoms with van der Waals surface area (Å²) in [4.78, 5) is 64.6. The number of nitrogens with zero attached hydrogens (tertiary/aromatic N) is 8. The fourth-order valence-electron chi connectivity index (χ4n) is 2.82. The summed E-state index contributed by atoms with van der Waals surface area (Å²) in [5.74, 6) is 1.97. The van der Waals surface area contributed by atoms with E-state index in [1.165, 1.54) is 26.3 Å². The van der Waals surface area contributed by atoms with Gasteiger partial charge in [-0.25, -0.2) is 24.7 Å². The van der Waals surface area contributed by atoms with Crippen LogP contribution in [0, 0.1) is 20.8 Å². The predicted molar refractivity (Wildman–Crippen MR) is 197 cm³/mol. The van der Waals surface area contributed by atoms with E-state index in [0.29, 0.717) is 15.5 Å². The van der Waals surface area contributed by atoms with Crippen LogP contribution in [0.3, 0.4) is 0 Å². The van der Waals surface area contributed by atoms with Crippen molar-refractivity contribution >= 4 is 79.1 Å². The lowest BCUT2D eigenvalue weighted by Gasteiger charge is -2.01. The van der Waals surface area contributed by atoms with Gasteiger partial charge in [0.2, 0.25) is 5.91 Å². The number of alkyl halides is 1. The molecule has 4 aromatic rings. The van der Waals surface area contributed by atoms with Crippen molar-refractivity contribution < 1.29 is 28.8 Å². The van der Waals surface area contributed by atoms with Crippen molar-refractivity contribution in [3.63, 3.8) is 0 Å². The number of hydrogen-bond donors (Lipinski definition) is 1. The summed E-state index contributed by atoms with van der Waals surface area (Å²) in [5, 5.41) is 11.0. The van der Waals surface area contributed by atoms with E-state index in [1.54, 1.807) is 53.0 Å². The Morgan fingerprint density at radius 3 is 1.85 bits per heavy atom. The third-order valence-electron chi connectivity index (χ3n) is 4.86. The van der Waals surface area contributed by atoms with Gasteiger partial charge in [0.15, 0.2) is 0 Å². The molecule has 18 heteroatoms. The molecule has 0 saturated carbocycles. The highest BCUT2D eigenvalue weighted by Crippen LogP contribution is 2.25. The van der Waals surface area contributed by atoms with Crippen LogP contribution < -0.4 is 10.2 Å². The molecule has 48 heavy (non-hydrogen) atoms. The largest absolute Gasteiger partial charge is 0.534 e. The quantitative estimate of drug-likeness (QED) is 0.0736. The molecule has 262 valence electrons. The summed E-state index contributed by atoms with van der Waals surface area (Å²) in [5.41, 5.74) is 1.26. The number of fused-ring (bicyclic) bond motifs is 1. The molecule has 1 aliphatic heterocycles. The van der Waals surface area contributed by atoms with Gasteiger partial charge in [-0.15, -0.1) is 5.10 Å². The van der Waals surface area contributed by atoms with E-state index in [0.717, 1.165) is 32.2 Å². The van der Waals surface area contributed by atoms with Crippen LogP contribution in [-0.4, -0.2) is 95.8 Å². The maximum atomic E-state index is 10.8. The summed E-state index contributed by atoms with van der Waals surface area (Å²) < 4.78 is 4.87. The number of carbonyl (C=O) groups excluding carboxylic acids is 4. The summed E-state index contributed by atoms with van der Waals surface area (Å²) in [6.45, 7) is 5.59. The first-order valence-electron chi connectivity index (χ1n) is 13.1. The highest BCUT2D eigenvalue weighted by molar-refractivity contribution is 14.1. The van der Waals surface area contributed by atoms with Gasteiger partial charge in [0.25, 0.3) is 11.8 Å². The summed E-state index contributed by atoms with van der Waals surface area (Å²) in [7, 11) is 7.69. The lowest BCUT2D eigenvalue weighted by molar-refractivity contribution is -0.135. The van der Waals surface area contributed by atoms with Crippen molar-refractivity contribution in [3.05, 3.63) is 78.3 Å². The van der Waals surface area contributed by atoms with Crippen LogP contribution >= 0.6 is 44.2 Å². The number of aromatic nitrogens is 7. The number of ether oxygens (including phenoxy) is 1. The SMILES string of the molecule is C.C.CN1C(=O)C=CC1=O.CNC(=O)CI.COC(=O)On1nnc2ccccc21.CSSc1ccccn1.Cc1nc(C)nc(C)n1. The van der Waals surface area contributed by atoms with E-state index in [1.807, 2.05) is 73.9 Å². The molecule has 0 aliphatic carbocycles. The van der Waals surface area contributed by atoms with Crippen molar-refractivity contribution in [1.82, 2.24) is 45.3 Å². The number of likely N-dealkylation sites (N-methyl/N-ethyl adjacent to an activating group) is 1. The van der Waals surface area contributed by atoms with Gasteiger partial charge < -0.3 is 10.1 Å². The molecule has 3 amide bonds. The predicted octanol–water partition coefficient (Wildman–Crippen LogP) is 4.86. The van der Waals surface area contributed by atoms with E-state index in [-0.39, 0.29) is 32.6 Å². The number of imide groups is 1. The van der Waals surface area contributed by atoms with Gasteiger partial charge in [-0.3, -0.25) is 24.1 Å². The minimum absolute atomic E-state index is 0. The monoisotopic (exact) mass is 815 g/mol. The average molecular weight is 816 g/mol. The third-order valence-corrected chi connectivity index (χ3v) is 7.14. The minimum atomic E-state index is -0.833. The summed E-state index contributed by atoms with van der Waals surface area (Å²) >= 11 is 2.00. The summed E-state index contributed by atoms with van der Waals surface area (Å²) in [6, 6.07) is 13.0. The zero-order valence-electron chi connectivity index (χ0n) is 26.2. The van der Waals surface area contributed by atoms with Crippen molar-refractivity contribution in [2.24, 2.45) is 0 Å². The molecule has 4 heterocycles. The van der Waals surface area contributed by atoms with Crippen LogP contribution in [0.2, 0.25) is 0 Å². The molecule has 0 radical (unpaired) electrons. The number of amides is 3. The Morgan fingerprint density at radius 1 is 0.917 bits per heavy atom. The number of halogens is 1. The Bertz CT molecular complexity index is 1520. The van der Waals surface area contributed by atoms with Gasteiger partial charge in [0, 0.05) is 32.4 Å². The molecule has 1 N–H and O–H groups in total. The molecule has 3 aromatic heterocycles. The van der Waals surface area contributed by atoms with Crippen molar-refractivity contribution in [2.75, 3.05) is 31.9 Å². The first-order chi connectivity index (χ1) is 21.9. The molecule has 15 nitrogen and oxygen atoms in total. The Balaban J connectivity index is 0. The number of benzene rings is 1. The maximum Gasteiger partial charge on any atom is 0.534 e. The fourth-order valence-corrected chi connectivity index (χ4v) is 4.42. The van der Waals surface area contributed by atoms with Crippen LogP contribution in [-0.2, 0) is 19.1 Å². The summed E-state index contributed by atoms with van der Waals surface area (Å²) in [6.07, 6.45) is 5.52. The second-order valence-corrected chi connectivity index (χ2v) is 11.4. The first-order valence-corrected chi connectivity index (χ1v) is 17.1. The standard InChI is InChI=1S/C8H7N3O3.C6H9N3.C6H7NS2.C5H5NO2.C3H6INO.2CH4/c1-13-8(12)14-11-7-5-3-2-4-6(7)9-10-11;1-4-7-5(2)9-6(3)8-4;1-8-9-6-4-2-3-5-7-6;1-6-4(7)2-3-5(6)8;1-5-3(6)2-4;;/h2-5H,1H3;1-3H3;2-5H,1H3;2-3H,1H3;2H2,1H3,(H,5,6);2*1H4. The normalized spacial score (nSPS) is 10.5. The molecule has 0 unspecified atom stereocenters. The number of aryl methyl sites for hydroxylation is 3. The molecular formula is C30H42IN9O6S2. The molecular weight excluding hydrogens is 773 g/mol. The third kappa shape index (κ3) is 18.2. The van der Waals surface area contributed by atoms with Crippen molar-refractivity contribution in [2.45, 2.75) is 40.7 Å². The van der Waals surface area contributed by atoms with Crippen LogP contribution in [0.15, 0.2) is 65.8 Å². The van der Waals surface area contributed by atoms with Crippen LogP contribution in [0.1, 0.15) is 32.3 Å². The topological polar surface area (TPSA) is 184 Å². The zero-order chi connectivity index (χ0) is 34.5. The molecule has 1 aliphatic rings. The van der Waals surface area contributed by atoms with Gasteiger partial charge >= 0.3 is 6.16 Å². The molecule has 1 aromatic carbocycles. The molecule has 0 atom stereocenters. The van der Waals surface area contributed by atoms with E-state index in [9.17, 15) is 19.2 Å². The van der Waals surface area contributed by atoms with Gasteiger partial charge in [-0.1, -0.05) is 71.3 Å². The van der Waals surface area contributed by atoms with Gasteiger partial charge in [0.1, 0.15) is 33.5 Å². The van der Waals surface area contributed by atoms with E-state index < -0.39 is 6.16 Å². The van der Waals surface area contributed by atoms with Gasteiger partial charge in [0.05, 0.1) is 11.5 Å². The Labute approximate surface area is 302 Å². The van der Waals surface area contributed by atoms with E-state index in [4.69, 9.17) is 4.84 Å². The number of hydrogen-bond acceptors (Lipinski definition) is 14. The van der Waals surface area contributed by atoms with E-state index in [2.05, 4.69) is 40.3 Å². The highest BCUT2D eigenvalue weighted by Gasteiger charge is 2.17. The Kier molecular flexibility index (Phi) is 24.8. The lowest BCUT2D eigenvalue weighted by Crippen LogP contribution is -2.24. The lowest BCUT2D eigenvalue weighted by atomic mass is 10.3. The van der Waals surface area contributed by atoms with Crippen molar-refractivity contribution in [3.8, 4) is 0 Å². The van der Waals surface area contributed by atoms with Crippen LogP contribution in [0.4, 0.5) is 4.79 Å². The zero-order valence-corrected chi connectivity index (χ0v) is 30.0.